The number of hydrogen-bond donors (Lipinski definition) is 1. The minimum Gasteiger partial charge on any atom is -0.372 e. The van der Waals surface area contributed by atoms with Crippen molar-refractivity contribution in [3.05, 3.63) is 71.3 Å². The van der Waals surface area contributed by atoms with Crippen molar-refractivity contribution in [3.63, 3.8) is 0 Å². The molecule has 0 saturated carbocycles. The average Bonchev–Trinajstić information content (AvgIpc) is 2.87. The van der Waals surface area contributed by atoms with Crippen LogP contribution in [0.4, 0.5) is 0 Å². The topological polar surface area (TPSA) is 55.4 Å². The van der Waals surface area contributed by atoms with E-state index < -0.39 is 6.04 Å². The first kappa shape index (κ1) is 14.5. The van der Waals surface area contributed by atoms with Gasteiger partial charge in [-0.1, -0.05) is 54.6 Å². The molecule has 1 aliphatic heterocycles. The fourth-order valence-corrected chi connectivity index (χ4v) is 2.55. The Morgan fingerprint density at radius 3 is 2.41 bits per heavy atom. The normalized spacial score (nSPS) is 17.5. The number of ketones is 1. The highest BCUT2D eigenvalue weighted by Crippen LogP contribution is 2.22. The summed E-state index contributed by atoms with van der Waals surface area (Å²) in [6.07, 6.45) is -0.0284. The lowest BCUT2D eigenvalue weighted by Crippen LogP contribution is -2.20. The molecule has 2 aromatic carbocycles. The zero-order valence-electron chi connectivity index (χ0n) is 12.1. The molecule has 1 atom stereocenters. The molecule has 4 nitrogen and oxygen atoms in total. The van der Waals surface area contributed by atoms with E-state index in [4.69, 9.17) is 4.74 Å². The molecule has 22 heavy (non-hydrogen) atoms. The van der Waals surface area contributed by atoms with Crippen molar-refractivity contribution < 1.29 is 14.3 Å². The van der Waals surface area contributed by atoms with Gasteiger partial charge in [-0.3, -0.25) is 9.59 Å². The highest BCUT2D eigenvalue weighted by molar-refractivity contribution is 6.07. The molecule has 1 saturated heterocycles. The quantitative estimate of drug-likeness (QED) is 0.862. The lowest BCUT2D eigenvalue weighted by atomic mass is 10.0. The van der Waals surface area contributed by atoms with E-state index in [9.17, 15) is 9.59 Å². The van der Waals surface area contributed by atoms with Crippen LogP contribution in [0.25, 0.3) is 0 Å². The Morgan fingerprint density at radius 2 is 1.68 bits per heavy atom. The molecular weight excluding hydrogens is 278 g/mol. The molecule has 112 valence electrons. The van der Waals surface area contributed by atoms with E-state index in [2.05, 4.69) is 5.32 Å². The van der Waals surface area contributed by atoms with Crippen LogP contribution in [0.5, 0.6) is 0 Å². The summed E-state index contributed by atoms with van der Waals surface area (Å²) in [5.41, 5.74) is 2.93. The Bertz CT molecular complexity index is 682. The number of Topliss-reactive ketones (excluding diaryl/α,β-unsaturated/α-hetero) is 1. The van der Waals surface area contributed by atoms with Gasteiger partial charge in [0, 0.05) is 0 Å². The molecule has 0 radical (unpaired) electrons. The van der Waals surface area contributed by atoms with E-state index in [1.165, 1.54) is 0 Å². The number of hydrogen-bond acceptors (Lipinski definition) is 3. The molecule has 0 spiro atoms. The van der Waals surface area contributed by atoms with Crippen molar-refractivity contribution in [1.82, 2.24) is 5.32 Å². The third-order valence-corrected chi connectivity index (χ3v) is 3.63. The summed E-state index contributed by atoms with van der Waals surface area (Å²) in [5, 5.41) is 2.70. The van der Waals surface area contributed by atoms with Crippen LogP contribution in [-0.2, 0) is 27.5 Å². The van der Waals surface area contributed by atoms with Gasteiger partial charge in [0.2, 0.25) is 5.91 Å². The van der Waals surface area contributed by atoms with Crippen LogP contribution in [0.2, 0.25) is 0 Å². The van der Waals surface area contributed by atoms with Crippen LogP contribution < -0.4 is 5.32 Å². The Morgan fingerprint density at radius 1 is 0.955 bits per heavy atom. The molecule has 0 aliphatic carbocycles. The van der Waals surface area contributed by atoms with Crippen molar-refractivity contribution >= 4 is 11.7 Å². The number of benzene rings is 2. The summed E-state index contributed by atoms with van der Waals surface area (Å²) >= 11 is 0. The van der Waals surface area contributed by atoms with Gasteiger partial charge in [-0.2, -0.15) is 0 Å². The fourth-order valence-electron chi connectivity index (χ4n) is 2.55. The van der Waals surface area contributed by atoms with Gasteiger partial charge in [0.05, 0.1) is 19.6 Å². The third-order valence-electron chi connectivity index (χ3n) is 3.63. The van der Waals surface area contributed by atoms with Gasteiger partial charge in [0.25, 0.3) is 0 Å². The largest absolute Gasteiger partial charge is 0.372 e. The number of ether oxygens (including phenoxy) is 1. The number of carbonyl (C=O) groups excluding carboxylic acids is 2. The number of rotatable bonds is 5. The van der Waals surface area contributed by atoms with E-state index >= 15 is 0 Å². The van der Waals surface area contributed by atoms with E-state index in [1.54, 1.807) is 0 Å². The fraction of sp³-hybridized carbons (Fsp3) is 0.222. The summed E-state index contributed by atoms with van der Waals surface area (Å²) in [6, 6.07) is 17.1. The Hall–Kier alpha value is -2.46. The second-order valence-corrected chi connectivity index (χ2v) is 5.37. The van der Waals surface area contributed by atoms with Crippen LogP contribution in [0.1, 0.15) is 29.2 Å². The highest BCUT2D eigenvalue weighted by atomic mass is 16.5. The first-order valence-corrected chi connectivity index (χ1v) is 7.25. The van der Waals surface area contributed by atoms with Crippen molar-refractivity contribution in [2.75, 3.05) is 0 Å². The van der Waals surface area contributed by atoms with Crippen LogP contribution in [-0.4, -0.2) is 11.7 Å². The van der Waals surface area contributed by atoms with Gasteiger partial charge < -0.3 is 10.1 Å². The van der Waals surface area contributed by atoms with E-state index in [-0.39, 0.29) is 18.1 Å². The smallest absolute Gasteiger partial charge is 0.228 e. The van der Waals surface area contributed by atoms with Crippen LogP contribution in [0, 0.1) is 0 Å². The van der Waals surface area contributed by atoms with Gasteiger partial charge >= 0.3 is 0 Å². The molecule has 2 aromatic rings. The Labute approximate surface area is 129 Å². The zero-order chi connectivity index (χ0) is 15.4. The monoisotopic (exact) mass is 295 g/mol. The molecule has 1 N–H and O–H groups in total. The van der Waals surface area contributed by atoms with Gasteiger partial charge in [0.15, 0.2) is 5.78 Å². The molecular formula is C18H17NO3. The molecule has 1 heterocycles. The number of carbonyl (C=O) groups is 2. The van der Waals surface area contributed by atoms with Gasteiger partial charge in [-0.05, 0) is 16.7 Å². The second kappa shape index (κ2) is 6.54. The molecule has 1 aliphatic rings. The van der Waals surface area contributed by atoms with Crippen molar-refractivity contribution in [2.45, 2.75) is 25.7 Å². The summed E-state index contributed by atoms with van der Waals surface area (Å²) in [4.78, 5) is 23.1. The minimum atomic E-state index is -0.512. The molecule has 3 rings (SSSR count). The van der Waals surface area contributed by atoms with Crippen molar-refractivity contribution in [3.8, 4) is 0 Å². The third kappa shape index (κ3) is 3.40. The zero-order valence-corrected chi connectivity index (χ0v) is 12.1. The van der Waals surface area contributed by atoms with Gasteiger partial charge in [-0.15, -0.1) is 0 Å². The molecule has 1 amide bonds. The molecule has 1 fully saturated rings. The maximum Gasteiger partial charge on any atom is 0.228 e. The molecule has 1 unspecified atom stereocenters. The Kier molecular flexibility index (Phi) is 4.30. The lowest BCUT2D eigenvalue weighted by molar-refractivity contribution is -0.122. The first-order chi connectivity index (χ1) is 10.7. The Balaban J connectivity index is 1.62. The summed E-state index contributed by atoms with van der Waals surface area (Å²) in [5.74, 6) is -0.284. The number of amides is 1. The van der Waals surface area contributed by atoms with Crippen LogP contribution >= 0.6 is 0 Å². The van der Waals surface area contributed by atoms with Crippen LogP contribution in [0.3, 0.4) is 0 Å². The van der Waals surface area contributed by atoms with Crippen molar-refractivity contribution in [2.24, 2.45) is 0 Å². The molecule has 0 bridgehead atoms. The second-order valence-electron chi connectivity index (χ2n) is 5.37. The minimum absolute atomic E-state index is 0.0284. The summed E-state index contributed by atoms with van der Waals surface area (Å²) < 4.78 is 5.70. The predicted octanol–water partition coefficient (Wildman–Crippen LogP) is 2.53. The van der Waals surface area contributed by atoms with E-state index in [0.29, 0.717) is 13.2 Å². The lowest BCUT2D eigenvalue weighted by Gasteiger charge is -2.11. The number of nitrogens with one attached hydrogen (secondary N) is 1. The van der Waals surface area contributed by atoms with Crippen LogP contribution in [0.15, 0.2) is 54.6 Å². The average molecular weight is 295 g/mol. The molecule has 4 heteroatoms. The van der Waals surface area contributed by atoms with Crippen molar-refractivity contribution in [1.29, 1.82) is 0 Å². The maximum absolute atomic E-state index is 11.8. The molecule has 0 aromatic heterocycles. The first-order valence-electron chi connectivity index (χ1n) is 7.25. The summed E-state index contributed by atoms with van der Waals surface area (Å²) in [7, 11) is 0. The highest BCUT2D eigenvalue weighted by Gasteiger charge is 2.31. The van der Waals surface area contributed by atoms with Gasteiger partial charge in [-0.25, -0.2) is 0 Å². The van der Waals surface area contributed by atoms with E-state index in [1.807, 2.05) is 54.6 Å². The van der Waals surface area contributed by atoms with E-state index in [0.717, 1.165) is 16.7 Å². The SMILES string of the molecule is O=C1CC(=O)C(c2cccc(COCc3ccccc3)c2)N1. The standard InChI is InChI=1S/C18H17NO3/c20-16-10-17(21)19-18(16)15-8-4-7-14(9-15)12-22-11-13-5-2-1-3-6-13/h1-9,18H,10-12H2,(H,19,21). The van der Waals surface area contributed by atoms with Gasteiger partial charge in [0.1, 0.15) is 6.04 Å². The maximum atomic E-state index is 11.8. The summed E-state index contributed by atoms with van der Waals surface area (Å²) in [6.45, 7) is 1.02. The predicted molar refractivity (Wildman–Crippen MR) is 81.9 cm³/mol.